The number of rotatable bonds is 7. The molecule has 0 aliphatic carbocycles. The van der Waals surface area contributed by atoms with Gasteiger partial charge in [-0.3, -0.25) is 4.90 Å². The normalized spacial score (nSPS) is 21.7. The van der Waals surface area contributed by atoms with Crippen molar-refractivity contribution in [1.29, 1.82) is 0 Å². The summed E-state index contributed by atoms with van der Waals surface area (Å²) in [6.07, 6.45) is 2.68. The molecule has 0 spiro atoms. The minimum Gasteiger partial charge on any atom is -0.376 e. The highest BCUT2D eigenvalue weighted by atomic mass is 127. The summed E-state index contributed by atoms with van der Waals surface area (Å²) in [4.78, 5) is 9.92. The van der Waals surface area contributed by atoms with Crippen molar-refractivity contribution in [3.05, 3.63) is 35.4 Å². The van der Waals surface area contributed by atoms with Crippen LogP contribution in [0.15, 0.2) is 29.3 Å². The highest BCUT2D eigenvalue weighted by molar-refractivity contribution is 14.0. The van der Waals surface area contributed by atoms with Crippen LogP contribution in [-0.2, 0) is 17.8 Å². The molecule has 176 valence electrons. The SMILES string of the molecule is CCNC(=NCc1cccc(CN2CCOC(C)C2)c1)NC1CCN(C(C)C)CC1.I. The molecule has 2 aliphatic heterocycles. The Morgan fingerprint density at radius 3 is 2.61 bits per heavy atom. The first kappa shape index (κ1) is 26.4. The summed E-state index contributed by atoms with van der Waals surface area (Å²) < 4.78 is 5.66. The number of halogens is 1. The summed E-state index contributed by atoms with van der Waals surface area (Å²) in [5.41, 5.74) is 2.62. The lowest BCUT2D eigenvalue weighted by Gasteiger charge is -2.35. The molecule has 2 heterocycles. The summed E-state index contributed by atoms with van der Waals surface area (Å²) in [5.74, 6) is 0.938. The van der Waals surface area contributed by atoms with Gasteiger partial charge in [0.05, 0.1) is 19.3 Å². The van der Waals surface area contributed by atoms with Crippen LogP contribution in [0, 0.1) is 0 Å². The van der Waals surface area contributed by atoms with E-state index >= 15 is 0 Å². The van der Waals surface area contributed by atoms with Crippen molar-refractivity contribution >= 4 is 29.9 Å². The monoisotopic (exact) mass is 543 g/mol. The first-order valence-corrected chi connectivity index (χ1v) is 11.7. The van der Waals surface area contributed by atoms with Gasteiger partial charge in [0.1, 0.15) is 0 Å². The Bertz CT molecular complexity index is 676. The lowest BCUT2D eigenvalue weighted by atomic mass is 10.0. The zero-order valence-electron chi connectivity index (χ0n) is 19.8. The minimum atomic E-state index is 0. The number of nitrogens with one attached hydrogen (secondary N) is 2. The number of likely N-dealkylation sites (tertiary alicyclic amines) is 1. The Kier molecular flexibility index (Phi) is 11.6. The molecule has 0 radical (unpaired) electrons. The molecular weight excluding hydrogens is 501 g/mol. The Balaban J connectivity index is 0.00000341. The van der Waals surface area contributed by atoms with Gasteiger partial charge in [0.25, 0.3) is 0 Å². The van der Waals surface area contributed by atoms with E-state index in [0.29, 0.717) is 24.7 Å². The van der Waals surface area contributed by atoms with Gasteiger partial charge < -0.3 is 20.3 Å². The van der Waals surface area contributed by atoms with Crippen LogP contribution in [-0.4, -0.2) is 73.3 Å². The third-order valence-electron chi connectivity index (χ3n) is 6.09. The molecule has 1 aromatic rings. The number of aliphatic imine (C=N–C) groups is 1. The molecule has 31 heavy (non-hydrogen) atoms. The van der Waals surface area contributed by atoms with Crippen molar-refractivity contribution in [2.45, 2.75) is 71.8 Å². The molecule has 2 fully saturated rings. The maximum Gasteiger partial charge on any atom is 0.191 e. The zero-order valence-corrected chi connectivity index (χ0v) is 22.1. The molecule has 3 rings (SSSR count). The summed E-state index contributed by atoms with van der Waals surface area (Å²) in [6.45, 7) is 16.6. The van der Waals surface area contributed by atoms with Gasteiger partial charge in [0.15, 0.2) is 5.96 Å². The van der Waals surface area contributed by atoms with Gasteiger partial charge in [-0.1, -0.05) is 24.3 Å². The van der Waals surface area contributed by atoms with Crippen molar-refractivity contribution in [1.82, 2.24) is 20.4 Å². The average Bonchev–Trinajstić information content (AvgIpc) is 2.73. The average molecular weight is 544 g/mol. The van der Waals surface area contributed by atoms with E-state index in [2.05, 4.69) is 72.4 Å². The van der Waals surface area contributed by atoms with E-state index in [-0.39, 0.29) is 24.0 Å². The summed E-state index contributed by atoms with van der Waals surface area (Å²) >= 11 is 0. The van der Waals surface area contributed by atoms with Crippen molar-refractivity contribution < 1.29 is 4.74 Å². The first-order chi connectivity index (χ1) is 14.5. The molecule has 0 saturated carbocycles. The van der Waals surface area contributed by atoms with Crippen molar-refractivity contribution in [2.24, 2.45) is 4.99 Å². The summed E-state index contributed by atoms with van der Waals surface area (Å²) in [6, 6.07) is 10.0. The van der Waals surface area contributed by atoms with E-state index in [1.54, 1.807) is 0 Å². The van der Waals surface area contributed by atoms with Crippen LogP contribution < -0.4 is 10.6 Å². The van der Waals surface area contributed by atoms with E-state index in [0.717, 1.165) is 51.8 Å². The fourth-order valence-electron chi connectivity index (χ4n) is 4.36. The van der Waals surface area contributed by atoms with E-state index in [1.165, 1.54) is 24.0 Å². The minimum absolute atomic E-state index is 0. The Morgan fingerprint density at radius 2 is 1.94 bits per heavy atom. The van der Waals surface area contributed by atoms with Crippen LogP contribution in [0.3, 0.4) is 0 Å². The summed E-state index contributed by atoms with van der Waals surface area (Å²) in [7, 11) is 0. The molecule has 1 aromatic carbocycles. The first-order valence-electron chi connectivity index (χ1n) is 11.7. The van der Waals surface area contributed by atoms with Gasteiger partial charge in [-0.2, -0.15) is 0 Å². The van der Waals surface area contributed by atoms with E-state index in [9.17, 15) is 0 Å². The molecule has 2 aliphatic rings. The number of morpholine rings is 1. The van der Waals surface area contributed by atoms with E-state index in [1.807, 2.05) is 0 Å². The number of benzene rings is 1. The van der Waals surface area contributed by atoms with Crippen LogP contribution in [0.1, 0.15) is 51.7 Å². The topological polar surface area (TPSA) is 52.1 Å². The van der Waals surface area contributed by atoms with Gasteiger partial charge in [0, 0.05) is 51.4 Å². The van der Waals surface area contributed by atoms with Gasteiger partial charge >= 0.3 is 0 Å². The molecule has 1 atom stereocenters. The molecular formula is C24H42IN5O. The Labute approximate surface area is 206 Å². The van der Waals surface area contributed by atoms with Gasteiger partial charge in [-0.25, -0.2) is 4.99 Å². The lowest BCUT2D eigenvalue weighted by molar-refractivity contribution is -0.0212. The molecule has 6 nitrogen and oxygen atoms in total. The predicted molar refractivity (Wildman–Crippen MR) is 140 cm³/mol. The standard InChI is InChI=1S/C24H41N5O.HI/c1-5-25-24(27-23-9-11-29(12-10-23)19(2)3)26-16-21-7-6-8-22(15-21)18-28-13-14-30-20(4)17-28;/h6-8,15,19-20,23H,5,9-14,16-18H2,1-4H3,(H2,25,26,27);1H. The van der Waals surface area contributed by atoms with Crippen molar-refractivity contribution in [3.63, 3.8) is 0 Å². The third kappa shape index (κ3) is 8.86. The fourth-order valence-corrected chi connectivity index (χ4v) is 4.36. The highest BCUT2D eigenvalue weighted by Gasteiger charge is 2.21. The second-order valence-electron chi connectivity index (χ2n) is 8.98. The van der Waals surface area contributed by atoms with Gasteiger partial charge in [0.2, 0.25) is 0 Å². The molecule has 2 saturated heterocycles. The van der Waals surface area contributed by atoms with E-state index < -0.39 is 0 Å². The van der Waals surface area contributed by atoms with Gasteiger partial charge in [-0.15, -0.1) is 24.0 Å². The van der Waals surface area contributed by atoms with Crippen molar-refractivity contribution in [3.8, 4) is 0 Å². The zero-order chi connectivity index (χ0) is 21.3. The Morgan fingerprint density at radius 1 is 1.19 bits per heavy atom. The quantitative estimate of drug-likeness (QED) is 0.314. The number of guanidine groups is 1. The third-order valence-corrected chi connectivity index (χ3v) is 6.09. The van der Waals surface area contributed by atoms with Crippen molar-refractivity contribution in [2.75, 3.05) is 39.3 Å². The second-order valence-corrected chi connectivity index (χ2v) is 8.98. The molecule has 7 heteroatoms. The van der Waals surface area contributed by atoms with Gasteiger partial charge in [-0.05, 0) is 51.7 Å². The molecule has 2 N–H and O–H groups in total. The smallest absolute Gasteiger partial charge is 0.191 e. The molecule has 0 bridgehead atoms. The number of piperidine rings is 1. The summed E-state index contributed by atoms with van der Waals surface area (Å²) in [5, 5.41) is 7.08. The largest absolute Gasteiger partial charge is 0.376 e. The van der Waals surface area contributed by atoms with E-state index in [4.69, 9.17) is 9.73 Å². The number of nitrogens with zero attached hydrogens (tertiary/aromatic N) is 3. The fraction of sp³-hybridized carbons (Fsp3) is 0.708. The van der Waals surface area contributed by atoms with Crippen LogP contribution in [0.5, 0.6) is 0 Å². The highest BCUT2D eigenvalue weighted by Crippen LogP contribution is 2.14. The lowest BCUT2D eigenvalue weighted by Crippen LogP contribution is -2.49. The maximum absolute atomic E-state index is 5.66. The van der Waals surface area contributed by atoms with Crippen LogP contribution >= 0.6 is 24.0 Å². The Hall–Kier alpha value is -0.900. The molecule has 1 unspecified atom stereocenters. The maximum atomic E-state index is 5.66. The molecule has 0 aromatic heterocycles. The number of hydrogen-bond acceptors (Lipinski definition) is 4. The predicted octanol–water partition coefficient (Wildman–Crippen LogP) is 3.45. The number of ether oxygens (including phenoxy) is 1. The second kappa shape index (κ2) is 13.6. The van der Waals surface area contributed by atoms with Crippen LogP contribution in [0.4, 0.5) is 0 Å². The molecule has 0 amide bonds. The number of hydrogen-bond donors (Lipinski definition) is 2. The van der Waals surface area contributed by atoms with Crippen LogP contribution in [0.2, 0.25) is 0 Å². The van der Waals surface area contributed by atoms with Crippen LogP contribution in [0.25, 0.3) is 0 Å².